The average molecular weight is 175 g/mol. The van der Waals surface area contributed by atoms with E-state index < -0.39 is 0 Å². The van der Waals surface area contributed by atoms with Crippen LogP contribution in [0.5, 0.6) is 0 Å². The van der Waals surface area contributed by atoms with Gasteiger partial charge >= 0.3 is 0 Å². The molecule has 0 heterocycles. The maximum atomic E-state index is 4.15. The predicted molar refractivity (Wildman–Crippen MR) is 55.5 cm³/mol. The summed E-state index contributed by atoms with van der Waals surface area (Å²) in [5.41, 5.74) is 0. The van der Waals surface area contributed by atoms with Gasteiger partial charge in [0.2, 0.25) is 0 Å². The molecule has 0 atom stereocenters. The molecular formula is C9H21NS. The molecule has 0 fully saturated rings. The molecule has 0 radical (unpaired) electrons. The van der Waals surface area contributed by atoms with Crippen molar-refractivity contribution in [3.63, 3.8) is 0 Å². The highest BCUT2D eigenvalue weighted by molar-refractivity contribution is 7.80. The maximum absolute atomic E-state index is 4.15. The Bertz CT molecular complexity index is 58.6. The van der Waals surface area contributed by atoms with Gasteiger partial charge in [-0.25, -0.2) is 0 Å². The van der Waals surface area contributed by atoms with Crippen molar-refractivity contribution < 1.29 is 0 Å². The van der Waals surface area contributed by atoms with E-state index in [0.29, 0.717) is 0 Å². The van der Waals surface area contributed by atoms with Crippen LogP contribution in [0.4, 0.5) is 0 Å². The Kier molecular flexibility index (Phi) is 10.6. The number of nitrogens with one attached hydrogen (secondary N) is 1. The first kappa shape index (κ1) is 11.3. The van der Waals surface area contributed by atoms with Crippen LogP contribution >= 0.6 is 12.6 Å². The molecule has 0 aromatic rings. The molecule has 0 saturated carbocycles. The van der Waals surface area contributed by atoms with Crippen molar-refractivity contribution in [2.45, 2.75) is 39.0 Å². The molecule has 0 rings (SSSR count). The summed E-state index contributed by atoms with van der Waals surface area (Å²) in [6.45, 7) is 4.60. The van der Waals surface area contributed by atoms with E-state index in [2.05, 4.69) is 24.9 Å². The molecule has 0 unspecified atom stereocenters. The van der Waals surface area contributed by atoms with Gasteiger partial charge in [0.1, 0.15) is 0 Å². The van der Waals surface area contributed by atoms with Crippen molar-refractivity contribution in [1.29, 1.82) is 0 Å². The minimum Gasteiger partial charge on any atom is -0.317 e. The Labute approximate surface area is 76.4 Å². The van der Waals surface area contributed by atoms with Gasteiger partial charge in [-0.05, 0) is 38.1 Å². The van der Waals surface area contributed by atoms with Gasteiger partial charge in [0.15, 0.2) is 0 Å². The molecule has 0 amide bonds. The lowest BCUT2D eigenvalue weighted by Gasteiger charge is -2.02. The van der Waals surface area contributed by atoms with Crippen molar-refractivity contribution >= 4 is 12.6 Å². The third-order valence-electron chi connectivity index (χ3n) is 1.72. The van der Waals surface area contributed by atoms with Gasteiger partial charge < -0.3 is 5.32 Å². The van der Waals surface area contributed by atoms with Crippen molar-refractivity contribution in [1.82, 2.24) is 5.32 Å². The summed E-state index contributed by atoms with van der Waals surface area (Å²) in [7, 11) is 0. The summed E-state index contributed by atoms with van der Waals surface area (Å²) in [6, 6.07) is 0. The summed E-state index contributed by atoms with van der Waals surface area (Å²) < 4.78 is 0. The Morgan fingerprint density at radius 2 is 1.64 bits per heavy atom. The highest BCUT2D eigenvalue weighted by Crippen LogP contribution is 1.92. The summed E-state index contributed by atoms with van der Waals surface area (Å²) >= 11 is 4.15. The third-order valence-corrected chi connectivity index (χ3v) is 2.04. The molecule has 0 bridgehead atoms. The summed E-state index contributed by atoms with van der Waals surface area (Å²) in [5, 5.41) is 3.42. The van der Waals surface area contributed by atoms with E-state index in [-0.39, 0.29) is 0 Å². The number of rotatable bonds is 8. The fourth-order valence-corrected chi connectivity index (χ4v) is 1.21. The van der Waals surface area contributed by atoms with E-state index >= 15 is 0 Å². The number of unbranched alkanes of at least 4 members (excludes halogenated alkanes) is 3. The van der Waals surface area contributed by atoms with Gasteiger partial charge in [-0.15, -0.1) is 0 Å². The molecule has 2 heteroatoms. The van der Waals surface area contributed by atoms with Crippen molar-refractivity contribution in [2.75, 3.05) is 18.8 Å². The SMILES string of the molecule is CCCCCNCCCCS. The standard InChI is InChI=1S/C9H21NS/c1-2-3-4-7-10-8-5-6-9-11/h10-11H,2-9H2,1H3. The molecule has 0 saturated heterocycles. The summed E-state index contributed by atoms with van der Waals surface area (Å²) in [4.78, 5) is 0. The Morgan fingerprint density at radius 1 is 1.00 bits per heavy atom. The smallest absolute Gasteiger partial charge is 0.00486 e. The first-order valence-electron chi connectivity index (χ1n) is 4.73. The van der Waals surface area contributed by atoms with Crippen LogP contribution < -0.4 is 5.32 Å². The molecule has 0 aliphatic heterocycles. The van der Waals surface area contributed by atoms with E-state index in [1.54, 1.807) is 0 Å². The second-order valence-electron chi connectivity index (χ2n) is 2.89. The second kappa shape index (κ2) is 10.3. The highest BCUT2D eigenvalue weighted by atomic mass is 32.1. The van der Waals surface area contributed by atoms with Crippen LogP contribution in [0.1, 0.15) is 39.0 Å². The fraction of sp³-hybridized carbons (Fsp3) is 1.00. The molecule has 0 spiro atoms. The van der Waals surface area contributed by atoms with Crippen LogP contribution in [-0.2, 0) is 0 Å². The number of hydrogen-bond donors (Lipinski definition) is 2. The minimum atomic E-state index is 1.02. The van der Waals surface area contributed by atoms with E-state index in [1.807, 2.05) is 0 Å². The molecule has 1 nitrogen and oxygen atoms in total. The topological polar surface area (TPSA) is 12.0 Å². The van der Waals surface area contributed by atoms with E-state index in [1.165, 1.54) is 45.2 Å². The molecular weight excluding hydrogens is 154 g/mol. The molecule has 0 aliphatic carbocycles. The average Bonchev–Trinajstić information content (AvgIpc) is 2.03. The largest absolute Gasteiger partial charge is 0.317 e. The number of hydrogen-bond acceptors (Lipinski definition) is 2. The highest BCUT2D eigenvalue weighted by Gasteiger charge is 1.87. The molecule has 68 valence electrons. The van der Waals surface area contributed by atoms with Gasteiger partial charge in [-0.3, -0.25) is 0 Å². The normalized spacial score (nSPS) is 10.4. The number of thiol groups is 1. The lowest BCUT2D eigenvalue weighted by Crippen LogP contribution is -2.16. The Morgan fingerprint density at radius 3 is 2.18 bits per heavy atom. The Hall–Kier alpha value is 0.310. The Balaban J connectivity index is 2.69. The zero-order chi connectivity index (χ0) is 8.36. The molecule has 1 N–H and O–H groups in total. The molecule has 0 aromatic heterocycles. The van der Waals surface area contributed by atoms with Gasteiger partial charge in [0, 0.05) is 0 Å². The summed E-state index contributed by atoms with van der Waals surface area (Å²) in [6.07, 6.45) is 6.52. The van der Waals surface area contributed by atoms with Gasteiger partial charge in [-0.1, -0.05) is 19.8 Å². The molecule has 0 aromatic carbocycles. The van der Waals surface area contributed by atoms with E-state index in [4.69, 9.17) is 0 Å². The first-order valence-corrected chi connectivity index (χ1v) is 5.36. The van der Waals surface area contributed by atoms with Crippen molar-refractivity contribution in [3.8, 4) is 0 Å². The van der Waals surface area contributed by atoms with Crippen LogP contribution in [0.3, 0.4) is 0 Å². The van der Waals surface area contributed by atoms with E-state index in [9.17, 15) is 0 Å². The first-order chi connectivity index (χ1) is 5.41. The van der Waals surface area contributed by atoms with Crippen LogP contribution in [0, 0.1) is 0 Å². The van der Waals surface area contributed by atoms with E-state index in [0.717, 1.165) is 5.75 Å². The lowest BCUT2D eigenvalue weighted by atomic mass is 10.2. The molecule has 11 heavy (non-hydrogen) atoms. The minimum absolute atomic E-state index is 1.02. The van der Waals surface area contributed by atoms with Gasteiger partial charge in [0.25, 0.3) is 0 Å². The van der Waals surface area contributed by atoms with Crippen molar-refractivity contribution in [2.24, 2.45) is 0 Å². The molecule has 0 aliphatic rings. The zero-order valence-electron chi connectivity index (χ0n) is 7.60. The van der Waals surface area contributed by atoms with Crippen LogP contribution in [0.15, 0.2) is 0 Å². The van der Waals surface area contributed by atoms with Crippen molar-refractivity contribution in [3.05, 3.63) is 0 Å². The predicted octanol–water partition coefficient (Wildman–Crippen LogP) is 2.48. The fourth-order valence-electron chi connectivity index (χ4n) is 0.987. The third kappa shape index (κ3) is 10.3. The van der Waals surface area contributed by atoms with Gasteiger partial charge in [-0.2, -0.15) is 12.6 Å². The lowest BCUT2D eigenvalue weighted by molar-refractivity contribution is 0.596. The van der Waals surface area contributed by atoms with Crippen LogP contribution in [-0.4, -0.2) is 18.8 Å². The van der Waals surface area contributed by atoms with Crippen LogP contribution in [0.2, 0.25) is 0 Å². The second-order valence-corrected chi connectivity index (χ2v) is 3.34. The summed E-state index contributed by atoms with van der Waals surface area (Å²) in [5.74, 6) is 1.02. The maximum Gasteiger partial charge on any atom is -0.00486 e. The van der Waals surface area contributed by atoms with Crippen LogP contribution in [0.25, 0.3) is 0 Å². The quantitative estimate of drug-likeness (QED) is 0.426. The van der Waals surface area contributed by atoms with Gasteiger partial charge in [0.05, 0.1) is 0 Å². The monoisotopic (exact) mass is 175 g/mol. The zero-order valence-corrected chi connectivity index (χ0v) is 8.50.